The largest absolute Gasteiger partial charge is 0.467 e. The van der Waals surface area contributed by atoms with E-state index >= 15 is 0 Å². The molecule has 2 aliphatic heterocycles. The lowest BCUT2D eigenvalue weighted by atomic mass is 10.0. The Labute approximate surface area is 219 Å². The summed E-state index contributed by atoms with van der Waals surface area (Å²) in [5, 5.41) is 12.1. The first-order valence-corrected chi connectivity index (χ1v) is 12.4. The molecule has 1 amide bonds. The summed E-state index contributed by atoms with van der Waals surface area (Å²) in [6.07, 6.45) is 0.772. The highest BCUT2D eigenvalue weighted by molar-refractivity contribution is 6.36. The van der Waals surface area contributed by atoms with Crippen LogP contribution in [-0.4, -0.2) is 60.1 Å². The summed E-state index contributed by atoms with van der Waals surface area (Å²) in [4.78, 5) is 27.3. The molecule has 8 nitrogen and oxygen atoms in total. The van der Waals surface area contributed by atoms with Crippen molar-refractivity contribution in [2.75, 3.05) is 43.1 Å². The molecule has 0 saturated carbocycles. The average Bonchev–Trinajstić information content (AvgIpc) is 2.91. The minimum atomic E-state index is -1.02. The van der Waals surface area contributed by atoms with Gasteiger partial charge in [0.1, 0.15) is 5.82 Å². The van der Waals surface area contributed by atoms with Crippen LogP contribution in [-0.2, 0) is 17.8 Å². The van der Waals surface area contributed by atoms with Crippen LogP contribution in [0.4, 0.5) is 15.9 Å². The van der Waals surface area contributed by atoms with Gasteiger partial charge in [-0.1, -0.05) is 42.4 Å². The first-order valence-electron chi connectivity index (χ1n) is 12.0. The Morgan fingerprint density at radius 2 is 2.00 bits per heavy atom. The quantitative estimate of drug-likeness (QED) is 0.464. The number of carbonyl (C=O) groups is 1. The second-order valence-electron chi connectivity index (χ2n) is 9.11. The molecule has 2 aliphatic rings. The van der Waals surface area contributed by atoms with Gasteiger partial charge in [-0.2, -0.15) is 15.2 Å². The Hall–Kier alpha value is -3.90. The van der Waals surface area contributed by atoms with Gasteiger partial charge in [-0.05, 0) is 23.9 Å². The normalized spacial score (nSPS) is 17.4. The third-order valence-corrected chi connectivity index (χ3v) is 7.29. The highest BCUT2D eigenvalue weighted by Gasteiger charge is 2.34. The minimum Gasteiger partial charge on any atom is -0.467 e. The highest BCUT2D eigenvalue weighted by Crippen LogP contribution is 2.37. The SMILES string of the molecule is C=C(F)C(=O)N1CCN(c2nc(OC)nc3c2CCN(c2cccc4cccc(Cl)c24)C3)C[C@@H]1CC#N. The van der Waals surface area contributed by atoms with Gasteiger partial charge in [0.05, 0.1) is 42.9 Å². The van der Waals surface area contributed by atoms with Crippen LogP contribution in [0.15, 0.2) is 48.8 Å². The molecule has 0 bridgehead atoms. The van der Waals surface area contributed by atoms with Gasteiger partial charge in [0.15, 0.2) is 5.83 Å². The fourth-order valence-electron chi connectivity index (χ4n) is 5.24. The molecular formula is C27H26ClFN6O2. The second-order valence-corrected chi connectivity index (χ2v) is 9.52. The molecular weight excluding hydrogens is 495 g/mol. The molecule has 0 radical (unpaired) electrons. The molecule has 1 atom stereocenters. The molecule has 10 heteroatoms. The maximum Gasteiger partial charge on any atom is 0.318 e. The maximum absolute atomic E-state index is 13.6. The van der Waals surface area contributed by atoms with Crippen LogP contribution in [0.5, 0.6) is 6.01 Å². The van der Waals surface area contributed by atoms with Gasteiger partial charge in [-0.25, -0.2) is 4.39 Å². The molecule has 3 aromatic rings. The van der Waals surface area contributed by atoms with Crippen LogP contribution in [0.1, 0.15) is 17.7 Å². The third kappa shape index (κ3) is 4.65. The van der Waals surface area contributed by atoms with E-state index < -0.39 is 17.8 Å². The lowest BCUT2D eigenvalue weighted by Crippen LogP contribution is -2.55. The van der Waals surface area contributed by atoms with E-state index in [-0.39, 0.29) is 19.0 Å². The Morgan fingerprint density at radius 1 is 1.22 bits per heavy atom. The smallest absolute Gasteiger partial charge is 0.318 e. The van der Waals surface area contributed by atoms with Crippen molar-refractivity contribution < 1.29 is 13.9 Å². The summed E-state index contributed by atoms with van der Waals surface area (Å²) in [5.41, 5.74) is 2.90. The number of rotatable bonds is 5. The zero-order valence-corrected chi connectivity index (χ0v) is 21.2. The van der Waals surface area contributed by atoms with Crippen LogP contribution in [0, 0.1) is 11.3 Å². The second kappa shape index (κ2) is 10.2. The molecule has 0 unspecified atom stereocenters. The zero-order valence-electron chi connectivity index (χ0n) is 20.5. The molecule has 0 spiro atoms. The number of anilines is 2. The Kier molecular flexibility index (Phi) is 6.85. The first-order chi connectivity index (χ1) is 17.9. The fourth-order valence-corrected chi connectivity index (χ4v) is 5.52. The number of ether oxygens (including phenoxy) is 1. The number of nitriles is 1. The highest BCUT2D eigenvalue weighted by atomic mass is 35.5. The van der Waals surface area contributed by atoms with Crippen molar-refractivity contribution in [2.45, 2.75) is 25.4 Å². The standard InChI is InChI=1S/C27H26ClFN6O2/c1-17(29)26(36)35-14-13-34(15-19(35)9-11-30)25-20-10-12-33(16-22(20)31-27(32-25)37-2)23-8-4-6-18-5-3-7-21(28)24(18)23/h3-8,19H,1,9-10,12-16H2,2H3/t19-/m0/s1. The number of methoxy groups -OCH3 is 1. The number of hydrogen-bond donors (Lipinski definition) is 0. The number of amides is 1. The lowest BCUT2D eigenvalue weighted by molar-refractivity contribution is -0.131. The van der Waals surface area contributed by atoms with Crippen molar-refractivity contribution in [3.8, 4) is 12.1 Å². The fraction of sp³-hybridized carbons (Fsp3) is 0.333. The average molecular weight is 521 g/mol. The van der Waals surface area contributed by atoms with Gasteiger partial charge >= 0.3 is 6.01 Å². The molecule has 0 N–H and O–H groups in total. The van der Waals surface area contributed by atoms with Crippen LogP contribution in [0.3, 0.4) is 0 Å². The summed E-state index contributed by atoms with van der Waals surface area (Å²) in [5.74, 6) is -1.07. The van der Waals surface area contributed by atoms with Crippen LogP contribution >= 0.6 is 11.6 Å². The van der Waals surface area contributed by atoms with Crippen molar-refractivity contribution in [3.05, 3.63) is 65.1 Å². The Morgan fingerprint density at radius 3 is 2.73 bits per heavy atom. The van der Waals surface area contributed by atoms with Crippen molar-refractivity contribution in [1.82, 2.24) is 14.9 Å². The molecule has 1 fully saturated rings. The van der Waals surface area contributed by atoms with Gasteiger partial charge in [0.2, 0.25) is 0 Å². The summed E-state index contributed by atoms with van der Waals surface area (Å²) in [6.45, 7) is 5.47. The number of hydrogen-bond acceptors (Lipinski definition) is 7. The van der Waals surface area contributed by atoms with E-state index in [9.17, 15) is 14.4 Å². The molecule has 190 valence electrons. The van der Waals surface area contributed by atoms with E-state index in [2.05, 4.69) is 33.6 Å². The van der Waals surface area contributed by atoms with Crippen LogP contribution in [0.2, 0.25) is 5.02 Å². The van der Waals surface area contributed by atoms with Crippen LogP contribution < -0.4 is 14.5 Å². The van der Waals surface area contributed by atoms with Crippen molar-refractivity contribution in [2.24, 2.45) is 0 Å². The van der Waals surface area contributed by atoms with E-state index in [1.165, 1.54) is 12.0 Å². The zero-order chi connectivity index (χ0) is 26.1. The van der Waals surface area contributed by atoms with Gasteiger partial charge in [0.25, 0.3) is 5.91 Å². The molecule has 1 saturated heterocycles. The number of benzene rings is 2. The van der Waals surface area contributed by atoms with Crippen molar-refractivity contribution in [1.29, 1.82) is 5.26 Å². The van der Waals surface area contributed by atoms with Gasteiger partial charge < -0.3 is 19.4 Å². The van der Waals surface area contributed by atoms with E-state index in [0.717, 1.165) is 40.1 Å². The van der Waals surface area contributed by atoms with Gasteiger partial charge in [0, 0.05) is 42.8 Å². The Bertz CT molecular complexity index is 1420. The predicted molar refractivity (Wildman–Crippen MR) is 140 cm³/mol. The number of nitrogens with zero attached hydrogens (tertiary/aromatic N) is 6. The van der Waals surface area contributed by atoms with E-state index in [0.29, 0.717) is 31.1 Å². The molecule has 0 aliphatic carbocycles. The van der Waals surface area contributed by atoms with E-state index in [1.807, 2.05) is 35.2 Å². The van der Waals surface area contributed by atoms with Crippen molar-refractivity contribution in [3.63, 3.8) is 0 Å². The number of aromatic nitrogens is 2. The van der Waals surface area contributed by atoms with Crippen molar-refractivity contribution >= 4 is 39.8 Å². The summed E-state index contributed by atoms with van der Waals surface area (Å²) in [6, 6.07) is 13.9. The third-order valence-electron chi connectivity index (χ3n) is 6.98. The van der Waals surface area contributed by atoms with Gasteiger partial charge in [-0.3, -0.25) is 4.79 Å². The summed E-state index contributed by atoms with van der Waals surface area (Å²) < 4.78 is 19.0. The van der Waals surface area contributed by atoms with Crippen LogP contribution in [0.25, 0.3) is 10.8 Å². The number of carbonyl (C=O) groups excluding carboxylic acids is 1. The molecule has 2 aromatic carbocycles. The topological polar surface area (TPSA) is 85.6 Å². The molecule has 5 rings (SSSR count). The predicted octanol–water partition coefficient (Wildman–Crippen LogP) is 4.27. The number of halogens is 2. The minimum absolute atomic E-state index is 0.0789. The number of fused-ring (bicyclic) bond motifs is 2. The summed E-state index contributed by atoms with van der Waals surface area (Å²) in [7, 11) is 1.53. The molecule has 1 aromatic heterocycles. The first kappa shape index (κ1) is 24.8. The molecule has 3 heterocycles. The maximum atomic E-state index is 13.6. The molecule has 37 heavy (non-hydrogen) atoms. The van der Waals surface area contributed by atoms with E-state index in [1.54, 1.807) is 0 Å². The van der Waals surface area contributed by atoms with Gasteiger partial charge in [-0.15, -0.1) is 0 Å². The lowest BCUT2D eigenvalue weighted by Gasteiger charge is -2.42. The van der Waals surface area contributed by atoms with E-state index in [4.69, 9.17) is 16.3 Å². The number of piperazine rings is 1. The summed E-state index contributed by atoms with van der Waals surface area (Å²) >= 11 is 6.59. The monoisotopic (exact) mass is 520 g/mol. The Balaban J connectivity index is 1.48.